The summed E-state index contributed by atoms with van der Waals surface area (Å²) in [5, 5.41) is 0. The summed E-state index contributed by atoms with van der Waals surface area (Å²) in [6, 6.07) is 23.4. The molecule has 178 valence electrons. The average molecular weight is 561 g/mol. The quantitative estimate of drug-likeness (QED) is 0.289. The minimum absolute atomic E-state index is 0. The van der Waals surface area contributed by atoms with E-state index in [1.54, 1.807) is 24.2 Å². The van der Waals surface area contributed by atoms with Gasteiger partial charge in [0.15, 0.2) is 0 Å². The molecule has 4 rings (SSSR count). The molecule has 0 spiro atoms. The number of benzene rings is 2. The van der Waals surface area contributed by atoms with E-state index in [0.29, 0.717) is 0 Å². The second-order valence-corrected chi connectivity index (χ2v) is 13.2. The number of fused-ring (bicyclic) bond motifs is 3. The normalized spacial score (nSPS) is 11.4. The monoisotopic (exact) mass is 558 g/mol. The third kappa shape index (κ3) is 9.72. The molecule has 0 atom stereocenters. The SMILES string of the molecule is CC(C)(C)c1[c-]c2c(cc1)-c1ccc(C(C)(C)C)cc1C2.C[C](C)=[Zr+2].C[c-]1cccc1.[Cl-].[Cl-]. The van der Waals surface area contributed by atoms with Crippen LogP contribution in [0.3, 0.4) is 0 Å². The molecular weight excluding hydrogens is 522 g/mol. The van der Waals surface area contributed by atoms with Crippen molar-refractivity contribution in [2.75, 3.05) is 0 Å². The standard InChI is InChI=1S/C21H25.C6H7.C3H6.2ClH.Zr/c1-20(2,3)16-7-9-18-14(12-16)11-15-13-17(21(4,5)6)8-10-19(15)18;1-6-4-2-3-5-6;1-3-2;;;/h7-10,12H,11H2,1-6H3;2-5H,1H3;1-2H3;2*1H;/q2*-1;;;;+2/p-2. The molecule has 0 aromatic heterocycles. The van der Waals surface area contributed by atoms with Gasteiger partial charge in [0.2, 0.25) is 0 Å². The molecule has 1 aliphatic carbocycles. The van der Waals surface area contributed by atoms with Gasteiger partial charge in [-0.05, 0) is 28.4 Å². The first kappa shape index (κ1) is 32.1. The minimum Gasteiger partial charge on any atom is -1.00 e. The van der Waals surface area contributed by atoms with Crippen LogP contribution in [0.1, 0.15) is 83.2 Å². The van der Waals surface area contributed by atoms with Gasteiger partial charge in [-0.2, -0.15) is 41.5 Å². The van der Waals surface area contributed by atoms with Crippen LogP contribution in [0.25, 0.3) is 11.1 Å². The molecule has 0 nitrogen and oxygen atoms in total. The van der Waals surface area contributed by atoms with E-state index in [2.05, 4.69) is 111 Å². The summed E-state index contributed by atoms with van der Waals surface area (Å²) in [4.78, 5) is 0. The van der Waals surface area contributed by atoms with E-state index in [0.717, 1.165) is 6.42 Å². The van der Waals surface area contributed by atoms with E-state index in [1.807, 2.05) is 12.1 Å². The van der Waals surface area contributed by atoms with Crippen molar-refractivity contribution >= 4 is 3.21 Å². The maximum atomic E-state index is 3.67. The van der Waals surface area contributed by atoms with E-state index >= 15 is 0 Å². The van der Waals surface area contributed by atoms with Crippen LogP contribution in [0.5, 0.6) is 0 Å². The Balaban J connectivity index is 0.000000718. The van der Waals surface area contributed by atoms with Crippen molar-refractivity contribution in [1.29, 1.82) is 0 Å². The molecule has 0 bridgehead atoms. The fraction of sp³-hybridized carbons (Fsp3) is 0.400. The van der Waals surface area contributed by atoms with Crippen molar-refractivity contribution in [3.05, 3.63) is 88.5 Å². The molecule has 0 saturated heterocycles. The van der Waals surface area contributed by atoms with Crippen LogP contribution in [0, 0.1) is 13.0 Å². The molecule has 0 radical (unpaired) electrons. The Morgan fingerprint density at radius 3 is 1.79 bits per heavy atom. The zero-order chi connectivity index (χ0) is 23.4. The molecule has 0 aliphatic heterocycles. The summed E-state index contributed by atoms with van der Waals surface area (Å²) in [6.07, 6.45) is 1.03. The molecule has 0 N–H and O–H groups in total. The second-order valence-electron chi connectivity index (χ2n) is 10.8. The van der Waals surface area contributed by atoms with Gasteiger partial charge in [-0.3, -0.25) is 0 Å². The molecule has 0 heterocycles. The van der Waals surface area contributed by atoms with Crippen LogP contribution >= 0.6 is 0 Å². The molecule has 33 heavy (non-hydrogen) atoms. The van der Waals surface area contributed by atoms with Gasteiger partial charge >= 0.3 is 41.3 Å². The van der Waals surface area contributed by atoms with Gasteiger partial charge in [-0.25, -0.2) is 12.1 Å². The summed E-state index contributed by atoms with van der Waals surface area (Å²) in [7, 11) is 0. The summed E-state index contributed by atoms with van der Waals surface area (Å²) < 4.78 is 1.51. The molecule has 0 amide bonds. The maximum absolute atomic E-state index is 3.67. The van der Waals surface area contributed by atoms with Crippen LogP contribution in [0.15, 0.2) is 54.6 Å². The Labute approximate surface area is 230 Å². The van der Waals surface area contributed by atoms with Crippen LogP contribution in [0.4, 0.5) is 0 Å². The van der Waals surface area contributed by atoms with Crippen LogP contribution in [0.2, 0.25) is 0 Å². The van der Waals surface area contributed by atoms with E-state index in [1.165, 1.54) is 42.2 Å². The first-order valence-electron chi connectivity index (χ1n) is 11.2. The molecule has 0 fully saturated rings. The van der Waals surface area contributed by atoms with E-state index in [4.69, 9.17) is 0 Å². The molecule has 3 aromatic rings. The number of rotatable bonds is 0. The average Bonchev–Trinajstić information content (AvgIpc) is 3.25. The van der Waals surface area contributed by atoms with E-state index in [-0.39, 0.29) is 35.6 Å². The predicted molar refractivity (Wildman–Crippen MR) is 134 cm³/mol. The minimum atomic E-state index is 0. The van der Waals surface area contributed by atoms with Gasteiger partial charge in [0, 0.05) is 0 Å². The smallest absolute Gasteiger partial charge is 0.0860 e. The summed E-state index contributed by atoms with van der Waals surface area (Å²) in [5.41, 5.74) is 10.0. The summed E-state index contributed by atoms with van der Waals surface area (Å²) >= 11 is 1.55. The van der Waals surface area contributed by atoms with Gasteiger partial charge in [0.25, 0.3) is 0 Å². The third-order valence-corrected chi connectivity index (χ3v) is 5.29. The summed E-state index contributed by atoms with van der Waals surface area (Å²) in [5.74, 6) is 0. The Morgan fingerprint density at radius 1 is 0.848 bits per heavy atom. The Morgan fingerprint density at radius 2 is 1.36 bits per heavy atom. The van der Waals surface area contributed by atoms with Crippen LogP contribution in [-0.4, -0.2) is 3.21 Å². The van der Waals surface area contributed by atoms with Gasteiger partial charge in [-0.15, -0.1) is 11.1 Å². The molecule has 0 saturated carbocycles. The third-order valence-electron chi connectivity index (χ3n) is 5.29. The Bertz CT molecular complexity index is 951. The number of hydrogen-bond donors (Lipinski definition) is 0. The van der Waals surface area contributed by atoms with Crippen molar-refractivity contribution in [1.82, 2.24) is 0 Å². The van der Waals surface area contributed by atoms with Crippen molar-refractivity contribution in [2.45, 2.75) is 79.6 Å². The first-order chi connectivity index (χ1) is 14.3. The van der Waals surface area contributed by atoms with E-state index in [9.17, 15) is 0 Å². The zero-order valence-corrected chi connectivity index (χ0v) is 25.6. The Kier molecular flexibility index (Phi) is 12.9. The number of aryl methyl sites for hydroxylation is 1. The van der Waals surface area contributed by atoms with Gasteiger partial charge < -0.3 is 24.8 Å². The van der Waals surface area contributed by atoms with Crippen molar-refractivity contribution in [2.24, 2.45) is 0 Å². The Hall–Kier alpha value is -0.877. The van der Waals surface area contributed by atoms with Crippen molar-refractivity contribution in [3.8, 4) is 11.1 Å². The first-order valence-corrected chi connectivity index (χ1v) is 12.4. The van der Waals surface area contributed by atoms with Crippen LogP contribution < -0.4 is 24.8 Å². The molecule has 1 aliphatic rings. The molecule has 0 unspecified atom stereocenters. The fourth-order valence-electron chi connectivity index (χ4n) is 3.50. The van der Waals surface area contributed by atoms with Crippen molar-refractivity contribution < 1.29 is 49.0 Å². The fourth-order valence-corrected chi connectivity index (χ4v) is 3.50. The topological polar surface area (TPSA) is 0 Å². The maximum Gasteiger partial charge on any atom is -0.0860 e. The van der Waals surface area contributed by atoms with Gasteiger partial charge in [-0.1, -0.05) is 72.2 Å². The number of halogens is 2. The van der Waals surface area contributed by atoms with Crippen LogP contribution in [-0.2, 0) is 41.5 Å². The van der Waals surface area contributed by atoms with Gasteiger partial charge in [0.1, 0.15) is 0 Å². The molecule has 3 heteroatoms. The zero-order valence-electron chi connectivity index (χ0n) is 21.7. The largest absolute Gasteiger partial charge is 1.00 e. The predicted octanol–water partition coefficient (Wildman–Crippen LogP) is 2.12. The number of hydrogen-bond acceptors (Lipinski definition) is 0. The summed E-state index contributed by atoms with van der Waals surface area (Å²) in [6.45, 7) is 19.9. The molecule has 3 aromatic carbocycles. The molecular formula is C30H38Cl2Zr-2. The van der Waals surface area contributed by atoms with Gasteiger partial charge in [0.05, 0.1) is 0 Å². The second kappa shape index (κ2) is 13.3. The van der Waals surface area contributed by atoms with E-state index < -0.39 is 0 Å². The van der Waals surface area contributed by atoms with Crippen molar-refractivity contribution in [3.63, 3.8) is 0 Å².